The molecule has 1 fully saturated rings. The van der Waals surface area contributed by atoms with Gasteiger partial charge in [0.1, 0.15) is 0 Å². The summed E-state index contributed by atoms with van der Waals surface area (Å²) in [7, 11) is 0. The van der Waals surface area contributed by atoms with Crippen molar-refractivity contribution in [3.05, 3.63) is 39.9 Å². The van der Waals surface area contributed by atoms with Gasteiger partial charge in [-0.2, -0.15) is 5.26 Å². The van der Waals surface area contributed by atoms with Gasteiger partial charge in [0.2, 0.25) is 0 Å². The van der Waals surface area contributed by atoms with E-state index in [1.165, 1.54) is 0 Å². The number of allylic oxidation sites excluding steroid dienone is 2. The Kier molecular flexibility index (Phi) is 3.82. The molecule has 1 N–H and O–H groups in total. The summed E-state index contributed by atoms with van der Waals surface area (Å²) in [5.41, 5.74) is 0.425. The molecule has 1 aromatic carbocycles. The molecule has 0 aliphatic heterocycles. The van der Waals surface area contributed by atoms with E-state index in [-0.39, 0.29) is 11.3 Å². The maximum atomic E-state index is 11.2. The zero-order valence-electron chi connectivity index (χ0n) is 11.0. The van der Waals surface area contributed by atoms with Gasteiger partial charge in [0.05, 0.1) is 27.6 Å². The fraction of sp³-hybridized carbons (Fsp3) is 0.333. The number of rotatable bonds is 3. The molecular formula is C15H13Cl2NO2. The third kappa shape index (κ3) is 2.42. The average molecular weight is 310 g/mol. The highest BCUT2D eigenvalue weighted by Crippen LogP contribution is 2.59. The monoisotopic (exact) mass is 309 g/mol. The number of hydrogen-bond acceptors (Lipinski definition) is 2. The molecule has 2 atom stereocenters. The van der Waals surface area contributed by atoms with Gasteiger partial charge in [0.25, 0.3) is 0 Å². The van der Waals surface area contributed by atoms with Crippen molar-refractivity contribution in [1.29, 1.82) is 5.26 Å². The van der Waals surface area contributed by atoms with Crippen LogP contribution in [0, 0.1) is 28.6 Å². The predicted octanol–water partition coefficient (Wildman–Crippen LogP) is 4.26. The second-order valence-electron chi connectivity index (χ2n) is 5.45. The third-order valence-electron chi connectivity index (χ3n) is 3.88. The fourth-order valence-electron chi connectivity index (χ4n) is 2.57. The van der Waals surface area contributed by atoms with Crippen LogP contribution in [0.4, 0.5) is 0 Å². The minimum Gasteiger partial charge on any atom is -0.481 e. The molecule has 2 rings (SSSR count). The first-order valence-electron chi connectivity index (χ1n) is 6.09. The molecule has 0 amide bonds. The molecule has 0 saturated heterocycles. The second-order valence-corrected chi connectivity index (χ2v) is 6.27. The normalized spacial score (nSPS) is 24.1. The second kappa shape index (κ2) is 5.12. The number of carbonyl (C=O) groups is 1. The van der Waals surface area contributed by atoms with Crippen molar-refractivity contribution in [3.8, 4) is 6.07 Å². The van der Waals surface area contributed by atoms with Gasteiger partial charge in [-0.25, -0.2) is 0 Å². The molecule has 0 bridgehead atoms. The quantitative estimate of drug-likeness (QED) is 0.849. The Morgan fingerprint density at radius 2 is 1.95 bits per heavy atom. The smallest absolute Gasteiger partial charge is 0.307 e. The van der Waals surface area contributed by atoms with Crippen LogP contribution in [-0.4, -0.2) is 11.1 Å². The molecule has 1 aromatic rings. The summed E-state index contributed by atoms with van der Waals surface area (Å²) in [5, 5.41) is 19.2. The van der Waals surface area contributed by atoms with E-state index >= 15 is 0 Å². The molecule has 0 radical (unpaired) electrons. The van der Waals surface area contributed by atoms with Crippen molar-refractivity contribution in [3.63, 3.8) is 0 Å². The lowest BCUT2D eigenvalue weighted by molar-refractivity contribution is -0.139. The first kappa shape index (κ1) is 14.9. The Hall–Kier alpha value is -1.50. The molecule has 3 nitrogen and oxygen atoms in total. The minimum atomic E-state index is -0.848. The average Bonchev–Trinajstić information content (AvgIpc) is 2.89. The van der Waals surface area contributed by atoms with Crippen LogP contribution in [0.3, 0.4) is 0 Å². The van der Waals surface area contributed by atoms with Crippen LogP contribution in [0.1, 0.15) is 19.4 Å². The van der Waals surface area contributed by atoms with E-state index < -0.39 is 11.9 Å². The van der Waals surface area contributed by atoms with E-state index in [0.29, 0.717) is 21.2 Å². The highest BCUT2D eigenvalue weighted by molar-refractivity contribution is 6.37. The lowest BCUT2D eigenvalue weighted by Crippen LogP contribution is -2.03. The molecule has 0 unspecified atom stereocenters. The molecule has 1 aliphatic carbocycles. The number of aliphatic carboxylic acids is 1. The van der Waals surface area contributed by atoms with Crippen LogP contribution >= 0.6 is 23.2 Å². The van der Waals surface area contributed by atoms with Gasteiger partial charge < -0.3 is 5.11 Å². The summed E-state index contributed by atoms with van der Waals surface area (Å²) in [6.07, 6.45) is 1.67. The first-order chi connectivity index (χ1) is 9.30. The van der Waals surface area contributed by atoms with Crippen molar-refractivity contribution in [1.82, 2.24) is 0 Å². The number of carboxylic acid groups (broad SMARTS) is 1. The van der Waals surface area contributed by atoms with E-state index in [9.17, 15) is 10.1 Å². The fourth-order valence-corrected chi connectivity index (χ4v) is 3.17. The van der Waals surface area contributed by atoms with Gasteiger partial charge in [-0.3, -0.25) is 4.79 Å². The molecule has 20 heavy (non-hydrogen) atoms. The maximum Gasteiger partial charge on any atom is 0.307 e. The topological polar surface area (TPSA) is 61.1 Å². The summed E-state index contributed by atoms with van der Waals surface area (Å²) in [4.78, 5) is 11.2. The van der Waals surface area contributed by atoms with Crippen LogP contribution in [-0.2, 0) is 4.79 Å². The summed E-state index contributed by atoms with van der Waals surface area (Å²) in [6.45, 7) is 3.74. The van der Waals surface area contributed by atoms with Gasteiger partial charge in [-0.15, -0.1) is 0 Å². The molecule has 104 valence electrons. The number of halogens is 2. The predicted molar refractivity (Wildman–Crippen MR) is 78.4 cm³/mol. The van der Waals surface area contributed by atoms with E-state index in [0.717, 1.165) is 0 Å². The number of carboxylic acids is 1. The summed E-state index contributed by atoms with van der Waals surface area (Å²) < 4.78 is 0. The number of benzene rings is 1. The summed E-state index contributed by atoms with van der Waals surface area (Å²) in [6, 6.07) is 7.07. The molecule has 5 heteroatoms. The van der Waals surface area contributed by atoms with E-state index in [2.05, 4.69) is 6.07 Å². The number of nitrogens with zero attached hydrogens (tertiary/aromatic N) is 1. The van der Waals surface area contributed by atoms with Crippen LogP contribution in [0.15, 0.2) is 24.3 Å². The zero-order chi connectivity index (χ0) is 15.1. The van der Waals surface area contributed by atoms with E-state index in [1.54, 1.807) is 24.3 Å². The SMILES string of the molecule is CC1(C)[C@@H](C=C(C#N)c2c(Cl)cccc2Cl)[C@@H]1C(=O)O. The molecular weight excluding hydrogens is 297 g/mol. The Bertz CT molecular complexity index is 624. The first-order valence-corrected chi connectivity index (χ1v) is 6.85. The zero-order valence-corrected chi connectivity index (χ0v) is 12.5. The van der Waals surface area contributed by atoms with Gasteiger partial charge in [0.15, 0.2) is 0 Å². The summed E-state index contributed by atoms with van der Waals surface area (Å²) >= 11 is 12.2. The molecule has 1 aliphatic rings. The largest absolute Gasteiger partial charge is 0.481 e. The number of nitriles is 1. The highest BCUT2D eigenvalue weighted by Gasteiger charge is 2.61. The molecule has 1 saturated carbocycles. The molecule has 0 spiro atoms. The third-order valence-corrected chi connectivity index (χ3v) is 4.51. The van der Waals surface area contributed by atoms with Crippen molar-refractivity contribution < 1.29 is 9.90 Å². The van der Waals surface area contributed by atoms with Crippen LogP contribution in [0.5, 0.6) is 0 Å². The lowest BCUT2D eigenvalue weighted by atomic mass is 10.0. The van der Waals surface area contributed by atoms with Crippen LogP contribution in [0.25, 0.3) is 5.57 Å². The standard InChI is InChI=1S/C15H13Cl2NO2/c1-15(2)9(13(15)14(19)20)6-8(7-18)12-10(16)4-3-5-11(12)17/h3-6,9,13H,1-2H3,(H,19,20)/t9-,13+/m0/s1. The highest BCUT2D eigenvalue weighted by atomic mass is 35.5. The summed E-state index contributed by atoms with van der Waals surface area (Å²) in [5.74, 6) is -1.52. The van der Waals surface area contributed by atoms with Gasteiger partial charge in [-0.1, -0.05) is 49.2 Å². The van der Waals surface area contributed by atoms with Gasteiger partial charge in [0, 0.05) is 5.56 Å². The molecule has 0 heterocycles. The Labute approximate surface area is 127 Å². The Morgan fingerprint density at radius 3 is 2.35 bits per heavy atom. The molecule has 0 aromatic heterocycles. The van der Waals surface area contributed by atoms with Crippen LogP contribution in [0.2, 0.25) is 10.0 Å². The van der Waals surface area contributed by atoms with Crippen molar-refractivity contribution in [2.45, 2.75) is 13.8 Å². The van der Waals surface area contributed by atoms with Crippen molar-refractivity contribution in [2.24, 2.45) is 17.3 Å². The minimum absolute atomic E-state index is 0.193. The van der Waals surface area contributed by atoms with Crippen molar-refractivity contribution in [2.75, 3.05) is 0 Å². The Balaban J connectivity index is 2.43. The van der Waals surface area contributed by atoms with E-state index in [1.807, 2.05) is 13.8 Å². The number of hydrogen-bond donors (Lipinski definition) is 1. The van der Waals surface area contributed by atoms with Gasteiger partial charge >= 0.3 is 5.97 Å². The Morgan fingerprint density at radius 1 is 1.40 bits per heavy atom. The lowest BCUT2D eigenvalue weighted by Gasteiger charge is -2.05. The maximum absolute atomic E-state index is 11.2. The van der Waals surface area contributed by atoms with Gasteiger partial charge in [-0.05, 0) is 23.5 Å². The van der Waals surface area contributed by atoms with Crippen LogP contribution < -0.4 is 0 Å². The van der Waals surface area contributed by atoms with Crippen molar-refractivity contribution >= 4 is 34.7 Å². The van der Waals surface area contributed by atoms with E-state index in [4.69, 9.17) is 28.3 Å².